The zero-order valence-electron chi connectivity index (χ0n) is 4.40. The first-order valence-electron chi connectivity index (χ1n) is 1.84. The molecule has 0 aromatic heterocycles. The molecule has 0 bridgehead atoms. The Balaban J connectivity index is 0. The summed E-state index contributed by atoms with van der Waals surface area (Å²) < 4.78 is 23.4. The summed E-state index contributed by atoms with van der Waals surface area (Å²) in [5.41, 5.74) is 0. The van der Waals surface area contributed by atoms with Crippen molar-refractivity contribution in [1.82, 2.24) is 0 Å². The number of nitrogens with two attached hydrogens (primary N) is 1. The SMILES string of the molecule is C=CC(=O)OS(N)(=O)=O.[NaH]. The van der Waals surface area contributed by atoms with Crippen LogP contribution in [-0.4, -0.2) is 43.9 Å². The maximum absolute atomic E-state index is 10.0. The third-order valence-electron chi connectivity index (χ3n) is 0.365. The fourth-order valence-corrected chi connectivity index (χ4v) is 0.446. The minimum atomic E-state index is -4.16. The molecule has 5 nitrogen and oxygen atoms in total. The third-order valence-corrected chi connectivity index (χ3v) is 0.762. The summed E-state index contributed by atoms with van der Waals surface area (Å²) in [4.78, 5) is 10.0. The van der Waals surface area contributed by atoms with Crippen molar-refractivity contribution in [3.63, 3.8) is 0 Å². The number of hydrogen-bond donors (Lipinski definition) is 1. The zero-order chi connectivity index (χ0) is 7.49. The molecule has 0 aliphatic rings. The standard InChI is InChI=1S/C3H5NO4S.Na.H/c1-2-3(5)8-9(4,6)7;;/h2H,1H2,(H2,4,6,7);;. The topological polar surface area (TPSA) is 86.5 Å². The van der Waals surface area contributed by atoms with Gasteiger partial charge in [-0.15, -0.1) is 0 Å². The van der Waals surface area contributed by atoms with Crippen LogP contribution >= 0.6 is 0 Å². The van der Waals surface area contributed by atoms with Crippen molar-refractivity contribution in [3.05, 3.63) is 12.7 Å². The van der Waals surface area contributed by atoms with Gasteiger partial charge in [0.25, 0.3) is 0 Å². The molecule has 0 aliphatic heterocycles. The van der Waals surface area contributed by atoms with E-state index in [1.807, 2.05) is 0 Å². The van der Waals surface area contributed by atoms with Gasteiger partial charge in [0.2, 0.25) is 0 Å². The molecule has 2 N–H and O–H groups in total. The third kappa shape index (κ3) is 8.12. The fraction of sp³-hybridized carbons (Fsp3) is 0. The molecule has 10 heavy (non-hydrogen) atoms. The Hall–Kier alpha value is 0.120. The molecule has 0 aromatic carbocycles. The van der Waals surface area contributed by atoms with E-state index in [0.29, 0.717) is 6.08 Å². The Kier molecular flexibility index (Phi) is 6.21. The van der Waals surface area contributed by atoms with E-state index in [1.54, 1.807) is 0 Å². The summed E-state index contributed by atoms with van der Waals surface area (Å²) >= 11 is 0. The molecule has 0 amide bonds. The molecule has 0 spiro atoms. The summed E-state index contributed by atoms with van der Waals surface area (Å²) in [5, 5.41) is 4.29. The Morgan fingerprint density at radius 3 is 2.10 bits per heavy atom. The van der Waals surface area contributed by atoms with Crippen molar-refractivity contribution >= 4 is 45.8 Å². The number of carbonyl (C=O) groups excluding carboxylic acids is 1. The van der Waals surface area contributed by atoms with Crippen molar-refractivity contribution in [2.75, 3.05) is 0 Å². The predicted octanol–water partition coefficient (Wildman–Crippen LogP) is -1.73. The second-order valence-electron chi connectivity index (χ2n) is 1.10. The first kappa shape index (κ1) is 12.8. The van der Waals surface area contributed by atoms with E-state index >= 15 is 0 Å². The van der Waals surface area contributed by atoms with Gasteiger partial charge in [0, 0.05) is 6.08 Å². The molecule has 54 valence electrons. The van der Waals surface area contributed by atoms with Gasteiger partial charge in [-0.1, -0.05) is 6.58 Å². The van der Waals surface area contributed by atoms with Crippen molar-refractivity contribution in [2.45, 2.75) is 0 Å². The second kappa shape index (κ2) is 4.86. The van der Waals surface area contributed by atoms with E-state index in [9.17, 15) is 13.2 Å². The first-order valence-corrected chi connectivity index (χ1v) is 3.31. The van der Waals surface area contributed by atoms with E-state index in [1.165, 1.54) is 0 Å². The van der Waals surface area contributed by atoms with Gasteiger partial charge in [0.05, 0.1) is 0 Å². The van der Waals surface area contributed by atoms with E-state index in [-0.39, 0.29) is 29.6 Å². The van der Waals surface area contributed by atoms with Crippen LogP contribution in [0.5, 0.6) is 0 Å². The van der Waals surface area contributed by atoms with Crippen LogP contribution in [-0.2, 0) is 19.3 Å². The summed E-state index contributed by atoms with van der Waals surface area (Å²) in [5.74, 6) is -1.09. The van der Waals surface area contributed by atoms with Gasteiger partial charge in [-0.3, -0.25) is 0 Å². The van der Waals surface area contributed by atoms with Gasteiger partial charge in [0.1, 0.15) is 0 Å². The van der Waals surface area contributed by atoms with Crippen LogP contribution in [0, 0.1) is 0 Å². The van der Waals surface area contributed by atoms with Crippen LogP contribution in [0.3, 0.4) is 0 Å². The van der Waals surface area contributed by atoms with Gasteiger partial charge in [-0.05, 0) is 0 Å². The molecule has 0 heterocycles. The van der Waals surface area contributed by atoms with Crippen molar-refractivity contribution in [2.24, 2.45) is 5.14 Å². The Morgan fingerprint density at radius 2 is 2.00 bits per heavy atom. The monoisotopic (exact) mass is 175 g/mol. The number of carbonyl (C=O) groups is 1. The Morgan fingerprint density at radius 1 is 1.60 bits per heavy atom. The van der Waals surface area contributed by atoms with Crippen LogP contribution < -0.4 is 5.14 Å². The summed E-state index contributed by atoms with van der Waals surface area (Å²) in [6.07, 6.45) is 0.699. The summed E-state index contributed by atoms with van der Waals surface area (Å²) in [6.45, 7) is 2.95. The maximum atomic E-state index is 10.0. The second-order valence-corrected chi connectivity index (χ2v) is 2.25. The van der Waals surface area contributed by atoms with E-state index in [2.05, 4.69) is 15.9 Å². The molecule has 0 atom stereocenters. The summed E-state index contributed by atoms with van der Waals surface area (Å²) in [7, 11) is -4.16. The normalized spacial score (nSPS) is 9.30. The van der Waals surface area contributed by atoms with Crippen LogP contribution in [0.2, 0.25) is 0 Å². The van der Waals surface area contributed by atoms with Crippen LogP contribution in [0.25, 0.3) is 0 Å². The zero-order valence-corrected chi connectivity index (χ0v) is 5.22. The molecule has 7 heteroatoms. The van der Waals surface area contributed by atoms with Crippen LogP contribution in [0.1, 0.15) is 0 Å². The Bertz CT molecular complexity index is 221. The molecular weight excluding hydrogens is 169 g/mol. The molecule has 0 unspecified atom stereocenters. The minimum absolute atomic E-state index is 0. The number of hydrogen-bond acceptors (Lipinski definition) is 4. The molecule has 0 aromatic rings. The van der Waals surface area contributed by atoms with Crippen molar-refractivity contribution in [3.8, 4) is 0 Å². The van der Waals surface area contributed by atoms with E-state index < -0.39 is 16.3 Å². The van der Waals surface area contributed by atoms with Gasteiger partial charge < -0.3 is 4.18 Å². The fourth-order valence-electron chi connectivity index (χ4n) is 0.149. The average molecular weight is 175 g/mol. The number of rotatable bonds is 2. The average Bonchev–Trinajstić information content (AvgIpc) is 1.62. The molecular formula is C3H6NNaO4S. The Labute approximate surface area is 80.8 Å². The van der Waals surface area contributed by atoms with Gasteiger partial charge in [-0.25, -0.2) is 4.79 Å². The quantitative estimate of drug-likeness (QED) is 0.399. The molecule has 0 aliphatic carbocycles. The molecule has 0 saturated heterocycles. The van der Waals surface area contributed by atoms with Gasteiger partial charge in [-0.2, -0.15) is 13.6 Å². The van der Waals surface area contributed by atoms with E-state index in [4.69, 9.17) is 0 Å². The van der Waals surface area contributed by atoms with Crippen LogP contribution in [0.15, 0.2) is 12.7 Å². The molecule has 0 fully saturated rings. The summed E-state index contributed by atoms with van der Waals surface area (Å²) in [6, 6.07) is 0. The first-order chi connectivity index (χ1) is 3.95. The van der Waals surface area contributed by atoms with Gasteiger partial charge in [0.15, 0.2) is 0 Å². The van der Waals surface area contributed by atoms with Crippen molar-refractivity contribution < 1.29 is 17.4 Å². The van der Waals surface area contributed by atoms with Gasteiger partial charge >= 0.3 is 45.8 Å². The predicted molar refractivity (Wildman–Crippen MR) is 36.5 cm³/mol. The molecule has 0 radical (unpaired) electrons. The van der Waals surface area contributed by atoms with E-state index in [0.717, 1.165) is 0 Å². The van der Waals surface area contributed by atoms with Crippen molar-refractivity contribution in [1.29, 1.82) is 0 Å². The van der Waals surface area contributed by atoms with Crippen LogP contribution in [0.4, 0.5) is 0 Å². The molecule has 0 saturated carbocycles. The molecule has 0 rings (SSSR count).